The molecule has 17 heteroatoms. The number of nitrogens with one attached hydrogen (secondary N) is 3. The van der Waals surface area contributed by atoms with E-state index in [4.69, 9.17) is 52.6 Å². The van der Waals surface area contributed by atoms with Gasteiger partial charge in [-0.3, -0.25) is 14.8 Å². The molecule has 63 heavy (non-hydrogen) atoms. The second-order valence-electron chi connectivity index (χ2n) is 14.9. The van der Waals surface area contributed by atoms with Crippen molar-refractivity contribution in [3.8, 4) is 34.3 Å². The first-order chi connectivity index (χ1) is 30.8. The smallest absolute Gasteiger partial charge is 0.219 e. The van der Waals surface area contributed by atoms with Gasteiger partial charge in [0.15, 0.2) is 11.6 Å². The summed E-state index contributed by atoms with van der Waals surface area (Å²) in [6, 6.07) is 19.2. The summed E-state index contributed by atoms with van der Waals surface area (Å²) in [6.07, 6.45) is 8.81. The van der Waals surface area contributed by atoms with Crippen LogP contribution in [-0.4, -0.2) is 68.0 Å². The third-order valence-electron chi connectivity index (χ3n) is 10.9. The molecule has 320 valence electrons. The molecular weight excluding hydrogens is 876 g/mol. The Labute approximate surface area is 381 Å². The highest BCUT2D eigenvalue weighted by Crippen LogP contribution is 2.40. The Morgan fingerprint density at radius 2 is 1.29 bits per heavy atom. The quantitative estimate of drug-likeness (QED) is 0.120. The fourth-order valence-electron chi connectivity index (χ4n) is 7.71. The van der Waals surface area contributed by atoms with Crippen LogP contribution < -0.4 is 25.4 Å². The van der Waals surface area contributed by atoms with E-state index in [1.807, 2.05) is 65.6 Å². The first-order valence-electron chi connectivity index (χ1n) is 20.3. The van der Waals surface area contributed by atoms with Crippen LogP contribution in [0.25, 0.3) is 43.2 Å². The van der Waals surface area contributed by atoms with E-state index in [0.29, 0.717) is 59.4 Å². The number of amides is 1. The summed E-state index contributed by atoms with van der Waals surface area (Å²) in [5, 5.41) is 13.8. The van der Waals surface area contributed by atoms with Crippen molar-refractivity contribution >= 4 is 83.9 Å². The molecule has 13 nitrogen and oxygen atoms in total. The van der Waals surface area contributed by atoms with Crippen LogP contribution in [0.5, 0.6) is 11.5 Å². The number of ether oxygens (including phenoxy) is 2. The number of carbonyl (C=O) groups excluding carboxylic acids is 1. The maximum absolute atomic E-state index is 11.9. The minimum Gasteiger partial charge on any atom is -0.495 e. The zero-order valence-electron chi connectivity index (χ0n) is 34.7. The van der Waals surface area contributed by atoms with Crippen molar-refractivity contribution in [1.82, 2.24) is 40.1 Å². The Morgan fingerprint density at radius 1 is 0.746 bits per heavy atom. The van der Waals surface area contributed by atoms with E-state index in [0.717, 1.165) is 80.3 Å². The van der Waals surface area contributed by atoms with Crippen LogP contribution in [0, 0.1) is 0 Å². The van der Waals surface area contributed by atoms with Gasteiger partial charge in [0.2, 0.25) is 5.91 Å². The van der Waals surface area contributed by atoms with Crippen LogP contribution in [0.2, 0.25) is 10.0 Å². The fourth-order valence-corrected chi connectivity index (χ4v) is 10.7. The first kappa shape index (κ1) is 42.3. The molecule has 2 aromatic carbocycles. The number of methoxy groups -OCH3 is 2. The number of hydrogen-bond donors (Lipinski definition) is 3. The van der Waals surface area contributed by atoms with E-state index in [1.165, 1.54) is 20.9 Å². The van der Waals surface area contributed by atoms with E-state index < -0.39 is 0 Å². The summed E-state index contributed by atoms with van der Waals surface area (Å²) in [4.78, 5) is 46.2. The van der Waals surface area contributed by atoms with Gasteiger partial charge in [0.1, 0.15) is 32.8 Å². The lowest BCUT2D eigenvalue weighted by atomic mass is 10.0. The molecule has 0 aliphatic carbocycles. The predicted molar refractivity (Wildman–Crippen MR) is 252 cm³/mol. The lowest BCUT2D eigenvalue weighted by Gasteiger charge is -2.25. The maximum Gasteiger partial charge on any atom is 0.219 e. The average Bonchev–Trinajstić information content (AvgIpc) is 3.89. The van der Waals surface area contributed by atoms with E-state index >= 15 is 0 Å². The monoisotopic (exact) mass is 916 g/mol. The summed E-state index contributed by atoms with van der Waals surface area (Å²) in [5.74, 6) is 4.33. The number of rotatable bonds is 10. The second-order valence-corrected chi connectivity index (χ2v) is 17.9. The number of carbonyl (C=O) groups is 1. The number of aromatic nitrogens is 6. The standard InChI is InChI=1S/C24H22ClN5O2S.C22H20ClN5OS/c1-14(31)30-9-7-17-20(13-30)33-24-21(17)23(28-22(29-24)16-4-3-8-26-12-16)27-11-15-5-6-19(32-2)18(25)10-15;1-29-17-5-4-13(9-16(17)23)10-26-21-19-15-6-8-25-12-18(15)30-22(19)28-20(27-21)14-3-2-7-24-11-14/h3-6,8,10,12H,7,9,11,13H2,1-2H3,(H,27,28,29);2-5,7,9,11,25H,6,8,10,12H2,1H3,(H,26,27,28). The predicted octanol–water partition coefficient (Wildman–Crippen LogP) is 9.61. The van der Waals surface area contributed by atoms with Crippen LogP contribution in [0.4, 0.5) is 11.6 Å². The number of fused-ring (bicyclic) bond motifs is 6. The third kappa shape index (κ3) is 9.11. The molecule has 0 unspecified atom stereocenters. The highest BCUT2D eigenvalue weighted by molar-refractivity contribution is 7.19. The normalized spacial score (nSPS) is 13.2. The number of anilines is 2. The van der Waals surface area contributed by atoms with Crippen molar-refractivity contribution in [1.29, 1.82) is 0 Å². The Kier molecular flexibility index (Phi) is 12.6. The molecule has 0 saturated heterocycles. The number of hydrogen-bond acceptors (Lipinski definition) is 14. The number of halogens is 2. The van der Waals surface area contributed by atoms with Gasteiger partial charge in [-0.25, -0.2) is 19.9 Å². The molecule has 0 bridgehead atoms. The van der Waals surface area contributed by atoms with Gasteiger partial charge in [-0.05, 0) is 90.2 Å². The van der Waals surface area contributed by atoms with Crippen molar-refractivity contribution in [3.05, 3.63) is 128 Å². The van der Waals surface area contributed by atoms with Gasteiger partial charge in [-0.1, -0.05) is 35.3 Å². The fraction of sp³-hybridized carbons (Fsp3) is 0.239. The highest BCUT2D eigenvalue weighted by atomic mass is 35.5. The highest BCUT2D eigenvalue weighted by Gasteiger charge is 2.26. The topological polar surface area (TPSA) is 152 Å². The largest absolute Gasteiger partial charge is 0.495 e. The summed E-state index contributed by atoms with van der Waals surface area (Å²) in [5.41, 5.74) is 6.40. The summed E-state index contributed by atoms with van der Waals surface area (Å²) >= 11 is 16.0. The second kappa shape index (κ2) is 18.8. The number of benzene rings is 2. The minimum atomic E-state index is 0.0926. The number of pyridine rings is 2. The Hall–Kier alpha value is -5.97. The molecule has 10 rings (SSSR count). The molecule has 0 fully saturated rings. The zero-order chi connectivity index (χ0) is 43.5. The molecule has 8 aromatic rings. The Balaban J connectivity index is 0.000000161. The van der Waals surface area contributed by atoms with Crippen molar-refractivity contribution in [2.45, 2.75) is 45.9 Å². The summed E-state index contributed by atoms with van der Waals surface area (Å²) in [7, 11) is 3.22. The molecule has 0 spiro atoms. The maximum atomic E-state index is 11.9. The molecule has 0 saturated carbocycles. The molecule has 0 radical (unpaired) electrons. The lowest BCUT2D eigenvalue weighted by molar-refractivity contribution is -0.129. The van der Waals surface area contributed by atoms with Crippen LogP contribution in [-0.2, 0) is 43.8 Å². The van der Waals surface area contributed by atoms with Crippen molar-refractivity contribution in [2.75, 3.05) is 37.9 Å². The summed E-state index contributed by atoms with van der Waals surface area (Å²) in [6.45, 7) is 5.93. The van der Waals surface area contributed by atoms with Gasteiger partial charge in [-0.2, -0.15) is 0 Å². The van der Waals surface area contributed by atoms with Crippen LogP contribution >= 0.6 is 45.9 Å². The number of thiophene rings is 2. The Morgan fingerprint density at radius 3 is 1.78 bits per heavy atom. The van der Waals surface area contributed by atoms with E-state index in [2.05, 4.69) is 25.9 Å². The zero-order valence-corrected chi connectivity index (χ0v) is 37.8. The lowest BCUT2D eigenvalue weighted by Crippen LogP contribution is -2.33. The number of nitrogens with zero attached hydrogens (tertiary/aromatic N) is 7. The molecule has 2 aliphatic heterocycles. The van der Waals surface area contributed by atoms with E-state index in [1.54, 1.807) is 68.6 Å². The molecule has 6 aromatic heterocycles. The molecule has 1 amide bonds. The van der Waals surface area contributed by atoms with Gasteiger partial charge in [0.05, 0.1) is 41.6 Å². The minimum absolute atomic E-state index is 0.0926. The van der Waals surface area contributed by atoms with Crippen LogP contribution in [0.1, 0.15) is 38.9 Å². The SMILES string of the molecule is COc1ccc(CNc2nc(-c3cccnc3)nc3sc4c(c23)CCN(C(C)=O)C4)cc1Cl.COc1ccc(CNc2nc(-c3cccnc3)nc3sc4c(c23)CCNC4)cc1Cl. The first-order valence-corrected chi connectivity index (χ1v) is 22.7. The summed E-state index contributed by atoms with van der Waals surface area (Å²) < 4.78 is 10.5. The van der Waals surface area contributed by atoms with Crippen molar-refractivity contribution in [2.24, 2.45) is 0 Å². The van der Waals surface area contributed by atoms with E-state index in [9.17, 15) is 4.79 Å². The third-order valence-corrected chi connectivity index (χ3v) is 13.7. The van der Waals surface area contributed by atoms with Crippen LogP contribution in [0.15, 0.2) is 85.5 Å². The van der Waals surface area contributed by atoms with Gasteiger partial charge in [0, 0.05) is 78.8 Å². The Bertz CT molecular complexity index is 2950. The van der Waals surface area contributed by atoms with Crippen molar-refractivity contribution in [3.63, 3.8) is 0 Å². The molecule has 3 N–H and O–H groups in total. The molecular formula is C46H42Cl2N10O3S2. The average molecular weight is 918 g/mol. The molecule has 8 heterocycles. The van der Waals surface area contributed by atoms with E-state index in [-0.39, 0.29) is 5.91 Å². The van der Waals surface area contributed by atoms with Gasteiger partial charge in [-0.15, -0.1) is 22.7 Å². The molecule has 0 atom stereocenters. The van der Waals surface area contributed by atoms with Gasteiger partial charge in [0.25, 0.3) is 0 Å². The van der Waals surface area contributed by atoms with Gasteiger partial charge < -0.3 is 30.3 Å². The van der Waals surface area contributed by atoms with Crippen LogP contribution in [0.3, 0.4) is 0 Å². The van der Waals surface area contributed by atoms with Gasteiger partial charge >= 0.3 is 0 Å². The van der Waals surface area contributed by atoms with Crippen molar-refractivity contribution < 1.29 is 14.3 Å². The molecule has 2 aliphatic rings.